The fraction of sp³-hybridized carbons (Fsp3) is 0.167. The van der Waals surface area contributed by atoms with E-state index in [9.17, 15) is 10.2 Å². The molecule has 2 heterocycles. The Morgan fingerprint density at radius 1 is 1.04 bits per heavy atom. The van der Waals surface area contributed by atoms with Crippen molar-refractivity contribution in [2.45, 2.75) is 12.3 Å². The van der Waals surface area contributed by atoms with Crippen LogP contribution in [0.2, 0.25) is 0 Å². The molecule has 0 saturated heterocycles. The summed E-state index contributed by atoms with van der Waals surface area (Å²) in [5.41, 5.74) is 2.27. The normalized spacial score (nSPS) is 15.7. The van der Waals surface area contributed by atoms with Crippen LogP contribution in [0.4, 0.5) is 0 Å². The molecule has 0 radical (unpaired) electrons. The first-order valence-electron chi connectivity index (χ1n) is 7.39. The van der Waals surface area contributed by atoms with Crippen LogP contribution in [0.1, 0.15) is 17.0 Å². The van der Waals surface area contributed by atoms with Crippen molar-refractivity contribution in [3.05, 3.63) is 72.3 Å². The van der Waals surface area contributed by atoms with Crippen molar-refractivity contribution in [3.63, 3.8) is 0 Å². The average molecular weight is 310 g/mol. The second kappa shape index (κ2) is 6.87. The summed E-state index contributed by atoms with van der Waals surface area (Å²) in [5, 5.41) is 18.7. The van der Waals surface area contributed by atoms with E-state index in [1.807, 2.05) is 18.2 Å². The largest absolute Gasteiger partial charge is 0.508 e. The third-order valence-electron chi connectivity index (χ3n) is 3.73. The molecule has 5 heteroatoms. The van der Waals surface area contributed by atoms with Crippen molar-refractivity contribution >= 4 is 0 Å². The SMILES string of the molecule is Oc1ccc(C2COc3cc(O)ccc3C2)cc1.c1c[nH]cn1. The van der Waals surface area contributed by atoms with Gasteiger partial charge in [0.1, 0.15) is 17.2 Å². The first kappa shape index (κ1) is 15.0. The van der Waals surface area contributed by atoms with Gasteiger partial charge in [0.25, 0.3) is 0 Å². The molecule has 4 rings (SSSR count). The molecular weight excluding hydrogens is 292 g/mol. The van der Waals surface area contributed by atoms with E-state index in [1.165, 1.54) is 0 Å². The zero-order chi connectivity index (χ0) is 16.1. The fourth-order valence-corrected chi connectivity index (χ4v) is 2.54. The molecule has 3 N–H and O–H groups in total. The van der Waals surface area contributed by atoms with Gasteiger partial charge in [0.05, 0.1) is 12.9 Å². The molecule has 0 aliphatic carbocycles. The molecule has 0 bridgehead atoms. The highest BCUT2D eigenvalue weighted by molar-refractivity contribution is 5.43. The van der Waals surface area contributed by atoms with Gasteiger partial charge in [-0.25, -0.2) is 4.98 Å². The van der Waals surface area contributed by atoms with Crippen LogP contribution in [-0.4, -0.2) is 26.8 Å². The predicted octanol–water partition coefficient (Wildman–Crippen LogP) is 3.23. The van der Waals surface area contributed by atoms with E-state index in [-0.39, 0.29) is 11.5 Å². The van der Waals surface area contributed by atoms with E-state index < -0.39 is 0 Å². The molecule has 0 spiro atoms. The van der Waals surface area contributed by atoms with Gasteiger partial charge in [0.15, 0.2) is 0 Å². The van der Waals surface area contributed by atoms with Crippen molar-refractivity contribution < 1.29 is 14.9 Å². The lowest BCUT2D eigenvalue weighted by molar-refractivity contribution is 0.261. The molecule has 1 aliphatic heterocycles. The van der Waals surface area contributed by atoms with Crippen LogP contribution in [0.25, 0.3) is 0 Å². The Labute approximate surface area is 134 Å². The van der Waals surface area contributed by atoms with E-state index in [2.05, 4.69) is 9.97 Å². The maximum absolute atomic E-state index is 9.39. The highest BCUT2D eigenvalue weighted by Crippen LogP contribution is 2.34. The van der Waals surface area contributed by atoms with Crippen molar-refractivity contribution in [2.75, 3.05) is 6.61 Å². The van der Waals surface area contributed by atoms with Gasteiger partial charge in [-0.15, -0.1) is 0 Å². The lowest BCUT2D eigenvalue weighted by Gasteiger charge is -2.25. The first-order chi connectivity index (χ1) is 11.2. The number of benzene rings is 2. The Bertz CT molecular complexity index is 722. The number of H-pyrrole nitrogens is 1. The topological polar surface area (TPSA) is 78.4 Å². The molecule has 0 fully saturated rings. The molecule has 3 aromatic rings. The maximum atomic E-state index is 9.39. The van der Waals surface area contributed by atoms with Crippen LogP contribution in [0, 0.1) is 0 Å². The van der Waals surface area contributed by atoms with Crippen LogP contribution >= 0.6 is 0 Å². The molecule has 23 heavy (non-hydrogen) atoms. The van der Waals surface area contributed by atoms with Crippen LogP contribution in [0.15, 0.2) is 61.2 Å². The van der Waals surface area contributed by atoms with Crippen LogP contribution in [0.3, 0.4) is 0 Å². The van der Waals surface area contributed by atoms with E-state index in [1.54, 1.807) is 43.0 Å². The van der Waals surface area contributed by atoms with Crippen molar-refractivity contribution in [2.24, 2.45) is 0 Å². The zero-order valence-corrected chi connectivity index (χ0v) is 12.5. The summed E-state index contributed by atoms with van der Waals surface area (Å²) in [6.07, 6.45) is 5.97. The van der Waals surface area contributed by atoms with E-state index in [0.717, 1.165) is 23.3 Å². The Balaban J connectivity index is 0.000000267. The summed E-state index contributed by atoms with van der Waals surface area (Å²) >= 11 is 0. The van der Waals surface area contributed by atoms with Gasteiger partial charge < -0.3 is 19.9 Å². The number of aromatic amines is 1. The zero-order valence-electron chi connectivity index (χ0n) is 12.5. The predicted molar refractivity (Wildman–Crippen MR) is 86.7 cm³/mol. The summed E-state index contributed by atoms with van der Waals surface area (Å²) in [6.45, 7) is 0.598. The number of nitrogens with zero attached hydrogens (tertiary/aromatic N) is 1. The lowest BCUT2D eigenvalue weighted by atomic mass is 9.90. The molecule has 1 aromatic heterocycles. The van der Waals surface area contributed by atoms with E-state index in [0.29, 0.717) is 12.5 Å². The number of ether oxygens (including phenoxy) is 1. The Hall–Kier alpha value is -2.95. The average Bonchev–Trinajstić information content (AvgIpc) is 3.15. The molecule has 1 unspecified atom stereocenters. The second-order valence-electron chi connectivity index (χ2n) is 5.36. The van der Waals surface area contributed by atoms with Crippen molar-refractivity contribution in [1.29, 1.82) is 0 Å². The Morgan fingerprint density at radius 3 is 2.48 bits per heavy atom. The highest BCUT2D eigenvalue weighted by Gasteiger charge is 2.21. The first-order valence-corrected chi connectivity index (χ1v) is 7.39. The molecule has 118 valence electrons. The number of aromatic nitrogens is 2. The number of phenolic OH excluding ortho intramolecular Hbond substituents is 2. The van der Waals surface area contributed by atoms with Crippen molar-refractivity contribution in [1.82, 2.24) is 9.97 Å². The minimum atomic E-state index is 0.233. The quantitative estimate of drug-likeness (QED) is 0.645. The minimum Gasteiger partial charge on any atom is -0.508 e. The van der Waals surface area contributed by atoms with Gasteiger partial charge in [0.2, 0.25) is 0 Å². The van der Waals surface area contributed by atoms with Crippen LogP contribution in [0.5, 0.6) is 17.2 Å². The maximum Gasteiger partial charge on any atom is 0.126 e. The number of rotatable bonds is 1. The Morgan fingerprint density at radius 2 is 1.83 bits per heavy atom. The molecular formula is C18H18N2O3. The minimum absolute atomic E-state index is 0.233. The Kier molecular flexibility index (Phi) is 4.47. The second-order valence-corrected chi connectivity index (χ2v) is 5.36. The molecule has 1 atom stereocenters. The smallest absolute Gasteiger partial charge is 0.126 e. The van der Waals surface area contributed by atoms with E-state index in [4.69, 9.17) is 4.74 Å². The molecule has 1 aliphatic rings. The number of fused-ring (bicyclic) bond motifs is 1. The molecule has 2 aromatic carbocycles. The lowest BCUT2D eigenvalue weighted by Crippen LogP contribution is -2.18. The molecule has 5 nitrogen and oxygen atoms in total. The number of phenols is 2. The summed E-state index contributed by atoms with van der Waals surface area (Å²) < 4.78 is 5.68. The van der Waals surface area contributed by atoms with Crippen LogP contribution < -0.4 is 4.74 Å². The summed E-state index contributed by atoms with van der Waals surface area (Å²) in [6, 6.07) is 12.5. The molecule has 0 amide bonds. The number of hydrogen-bond acceptors (Lipinski definition) is 4. The number of aromatic hydroxyl groups is 2. The van der Waals surface area contributed by atoms with Gasteiger partial charge in [-0.05, 0) is 35.7 Å². The molecule has 0 saturated carbocycles. The summed E-state index contributed by atoms with van der Waals surface area (Å²) in [7, 11) is 0. The summed E-state index contributed by atoms with van der Waals surface area (Å²) in [4.78, 5) is 6.42. The van der Waals surface area contributed by atoms with Crippen molar-refractivity contribution in [3.8, 4) is 17.2 Å². The third-order valence-corrected chi connectivity index (χ3v) is 3.73. The monoisotopic (exact) mass is 310 g/mol. The highest BCUT2D eigenvalue weighted by atomic mass is 16.5. The number of nitrogens with one attached hydrogen (secondary N) is 1. The van der Waals surface area contributed by atoms with Gasteiger partial charge in [-0.3, -0.25) is 0 Å². The number of imidazole rings is 1. The standard InChI is InChI=1S/C15H14O3.C3H4N2/c16-13-4-1-10(2-5-13)12-7-11-3-6-14(17)8-15(11)18-9-12;1-2-5-3-4-1/h1-6,8,12,16-17H,7,9H2;1-3H,(H,4,5). The summed E-state index contributed by atoms with van der Waals surface area (Å²) in [5.74, 6) is 1.57. The third kappa shape index (κ3) is 3.83. The number of hydrogen-bond donors (Lipinski definition) is 3. The van der Waals surface area contributed by atoms with Gasteiger partial charge in [-0.2, -0.15) is 0 Å². The van der Waals surface area contributed by atoms with Gasteiger partial charge >= 0.3 is 0 Å². The van der Waals surface area contributed by atoms with Crippen LogP contribution in [-0.2, 0) is 6.42 Å². The van der Waals surface area contributed by atoms with E-state index >= 15 is 0 Å². The fourth-order valence-electron chi connectivity index (χ4n) is 2.54. The van der Waals surface area contributed by atoms with Gasteiger partial charge in [0, 0.05) is 24.4 Å². The van der Waals surface area contributed by atoms with Gasteiger partial charge in [-0.1, -0.05) is 18.2 Å².